The molecular weight excluding hydrogens is 168 g/mol. The van der Waals surface area contributed by atoms with Crippen LogP contribution in [0.1, 0.15) is 26.7 Å². The molecule has 0 N–H and O–H groups in total. The van der Waals surface area contributed by atoms with Crippen LogP contribution in [-0.4, -0.2) is 29.7 Å². The summed E-state index contributed by atoms with van der Waals surface area (Å²) in [5.41, 5.74) is 0. The molecule has 0 saturated heterocycles. The highest BCUT2D eigenvalue weighted by Crippen LogP contribution is 2.02. The Morgan fingerprint density at radius 2 is 2.08 bits per heavy atom. The van der Waals surface area contributed by atoms with E-state index >= 15 is 0 Å². The molecule has 13 heavy (non-hydrogen) atoms. The lowest BCUT2D eigenvalue weighted by atomic mass is 10.2. The summed E-state index contributed by atoms with van der Waals surface area (Å²) in [6.45, 7) is 3.15. The summed E-state index contributed by atoms with van der Waals surface area (Å²) < 4.78 is 0. The summed E-state index contributed by atoms with van der Waals surface area (Å²) in [7, 11) is 1.60. The second kappa shape index (κ2) is 5.31. The van der Waals surface area contributed by atoms with Gasteiger partial charge in [0.25, 0.3) is 0 Å². The van der Waals surface area contributed by atoms with Crippen LogP contribution in [0.3, 0.4) is 0 Å². The van der Waals surface area contributed by atoms with Crippen LogP contribution in [0.25, 0.3) is 0 Å². The van der Waals surface area contributed by atoms with Gasteiger partial charge >= 0.3 is 0 Å². The monoisotopic (exact) mass is 182 g/mol. The Morgan fingerprint density at radius 1 is 1.54 bits per heavy atom. The molecule has 0 radical (unpaired) electrons. The number of nitriles is 1. The quantitative estimate of drug-likeness (QED) is 0.602. The van der Waals surface area contributed by atoms with E-state index in [2.05, 4.69) is 0 Å². The molecule has 1 amide bonds. The van der Waals surface area contributed by atoms with Crippen molar-refractivity contribution in [1.82, 2.24) is 4.90 Å². The van der Waals surface area contributed by atoms with Gasteiger partial charge in [-0.25, -0.2) is 0 Å². The minimum Gasteiger partial charge on any atom is -0.342 e. The molecule has 0 rings (SSSR count). The zero-order chi connectivity index (χ0) is 10.4. The average Bonchev–Trinajstić information content (AvgIpc) is 2.02. The number of carbonyl (C=O) groups excluding carboxylic acids is 2. The molecule has 0 aromatic rings. The third kappa shape index (κ3) is 4.26. The summed E-state index contributed by atoms with van der Waals surface area (Å²) >= 11 is 0. The van der Waals surface area contributed by atoms with E-state index in [1.165, 1.54) is 11.8 Å². The fraction of sp³-hybridized carbons (Fsp3) is 0.667. The van der Waals surface area contributed by atoms with Gasteiger partial charge < -0.3 is 4.90 Å². The zero-order valence-electron chi connectivity index (χ0n) is 8.20. The molecule has 0 aromatic heterocycles. The van der Waals surface area contributed by atoms with E-state index in [-0.39, 0.29) is 24.2 Å². The smallest absolute Gasteiger partial charge is 0.230 e. The van der Waals surface area contributed by atoms with Crippen LogP contribution < -0.4 is 0 Å². The van der Waals surface area contributed by atoms with Crippen molar-refractivity contribution in [2.45, 2.75) is 32.7 Å². The van der Waals surface area contributed by atoms with Crippen LogP contribution in [0, 0.1) is 11.3 Å². The van der Waals surface area contributed by atoms with E-state index in [4.69, 9.17) is 5.26 Å². The van der Waals surface area contributed by atoms with Crippen molar-refractivity contribution in [1.29, 1.82) is 5.26 Å². The van der Waals surface area contributed by atoms with Gasteiger partial charge in [0.05, 0.1) is 18.9 Å². The van der Waals surface area contributed by atoms with Crippen molar-refractivity contribution in [2.75, 3.05) is 7.05 Å². The molecule has 4 heteroatoms. The van der Waals surface area contributed by atoms with Gasteiger partial charge in [0.15, 0.2) is 0 Å². The van der Waals surface area contributed by atoms with Crippen LogP contribution in [0.15, 0.2) is 0 Å². The van der Waals surface area contributed by atoms with E-state index in [1.54, 1.807) is 14.0 Å². The van der Waals surface area contributed by atoms with E-state index in [0.29, 0.717) is 6.42 Å². The van der Waals surface area contributed by atoms with Crippen molar-refractivity contribution >= 4 is 11.7 Å². The average molecular weight is 182 g/mol. The van der Waals surface area contributed by atoms with Crippen LogP contribution in [0.5, 0.6) is 0 Å². The summed E-state index contributed by atoms with van der Waals surface area (Å²) in [6, 6.07) is 1.85. The van der Waals surface area contributed by atoms with Crippen molar-refractivity contribution in [3.8, 4) is 6.07 Å². The van der Waals surface area contributed by atoms with Crippen molar-refractivity contribution in [2.24, 2.45) is 0 Å². The normalized spacial score (nSPS) is 11.5. The predicted molar refractivity (Wildman–Crippen MR) is 47.8 cm³/mol. The highest BCUT2D eigenvalue weighted by molar-refractivity contribution is 5.96. The highest BCUT2D eigenvalue weighted by Gasteiger charge is 2.16. The minimum atomic E-state index is -0.227. The maximum atomic E-state index is 11.3. The third-order valence-electron chi connectivity index (χ3n) is 1.84. The molecular formula is C9H14N2O2. The lowest BCUT2D eigenvalue weighted by Crippen LogP contribution is -2.35. The molecule has 0 aromatic carbocycles. The van der Waals surface area contributed by atoms with Gasteiger partial charge in [0, 0.05) is 13.1 Å². The molecule has 72 valence electrons. The van der Waals surface area contributed by atoms with Gasteiger partial charge in [-0.1, -0.05) is 0 Å². The van der Waals surface area contributed by atoms with Crippen molar-refractivity contribution < 1.29 is 9.59 Å². The first-order chi connectivity index (χ1) is 5.99. The Labute approximate surface area is 78.1 Å². The molecule has 0 aliphatic carbocycles. The topological polar surface area (TPSA) is 61.2 Å². The fourth-order valence-corrected chi connectivity index (χ4v) is 0.853. The molecule has 0 aliphatic rings. The molecule has 1 atom stereocenters. The Kier molecular flexibility index (Phi) is 4.75. The van der Waals surface area contributed by atoms with Crippen LogP contribution in [-0.2, 0) is 9.59 Å². The maximum absolute atomic E-state index is 11.3. The molecule has 0 aliphatic heterocycles. The van der Waals surface area contributed by atoms with Gasteiger partial charge in [0.1, 0.15) is 5.78 Å². The second-order valence-corrected chi connectivity index (χ2v) is 3.09. The number of carbonyl (C=O) groups is 2. The van der Waals surface area contributed by atoms with Crippen molar-refractivity contribution in [3.05, 3.63) is 0 Å². The Hall–Kier alpha value is -1.37. The molecule has 0 spiro atoms. The summed E-state index contributed by atoms with van der Waals surface area (Å²) in [6.07, 6.45) is 0.215. The first-order valence-electron chi connectivity index (χ1n) is 4.11. The summed E-state index contributed by atoms with van der Waals surface area (Å²) in [5, 5.41) is 8.39. The second-order valence-electron chi connectivity index (χ2n) is 3.09. The van der Waals surface area contributed by atoms with Crippen LogP contribution in [0.4, 0.5) is 0 Å². The molecule has 0 heterocycles. The SMILES string of the molecule is CC(=O)CC(=O)N(C)C(C)CC#N. The van der Waals surface area contributed by atoms with Gasteiger partial charge in [-0.3, -0.25) is 9.59 Å². The van der Waals surface area contributed by atoms with Gasteiger partial charge in [0.2, 0.25) is 5.91 Å². The molecule has 0 saturated carbocycles. The summed E-state index contributed by atoms with van der Waals surface area (Å²) in [4.78, 5) is 23.3. The molecule has 1 unspecified atom stereocenters. The number of hydrogen-bond acceptors (Lipinski definition) is 3. The molecule has 0 fully saturated rings. The number of amides is 1. The lowest BCUT2D eigenvalue weighted by Gasteiger charge is -2.22. The highest BCUT2D eigenvalue weighted by atomic mass is 16.2. The largest absolute Gasteiger partial charge is 0.342 e. The summed E-state index contributed by atoms with van der Waals surface area (Å²) in [5.74, 6) is -0.378. The molecule has 0 bridgehead atoms. The first kappa shape index (κ1) is 11.6. The number of hydrogen-bond donors (Lipinski definition) is 0. The Balaban J connectivity index is 4.10. The van der Waals surface area contributed by atoms with Crippen LogP contribution in [0.2, 0.25) is 0 Å². The van der Waals surface area contributed by atoms with Gasteiger partial charge in [-0.05, 0) is 13.8 Å². The number of rotatable bonds is 4. The Morgan fingerprint density at radius 3 is 2.46 bits per heavy atom. The Bertz CT molecular complexity index is 242. The number of ketones is 1. The predicted octanol–water partition coefficient (Wildman–Crippen LogP) is 0.726. The van der Waals surface area contributed by atoms with Gasteiger partial charge in [-0.2, -0.15) is 5.26 Å². The number of Topliss-reactive ketones (excluding diaryl/α,β-unsaturated/α-hetero) is 1. The lowest BCUT2D eigenvalue weighted by molar-refractivity contribution is -0.135. The van der Waals surface area contributed by atoms with E-state index in [1.807, 2.05) is 6.07 Å². The van der Waals surface area contributed by atoms with E-state index < -0.39 is 0 Å². The van der Waals surface area contributed by atoms with E-state index in [9.17, 15) is 9.59 Å². The zero-order valence-corrected chi connectivity index (χ0v) is 8.20. The van der Waals surface area contributed by atoms with Crippen molar-refractivity contribution in [3.63, 3.8) is 0 Å². The maximum Gasteiger partial charge on any atom is 0.230 e. The molecule has 4 nitrogen and oxygen atoms in total. The third-order valence-corrected chi connectivity index (χ3v) is 1.84. The standard InChI is InChI=1S/C9H14N2O2/c1-7(4-5-10)11(3)9(13)6-8(2)12/h7H,4,6H2,1-3H3. The van der Waals surface area contributed by atoms with Crippen LogP contribution >= 0.6 is 0 Å². The fourth-order valence-electron chi connectivity index (χ4n) is 0.853. The van der Waals surface area contributed by atoms with E-state index in [0.717, 1.165) is 0 Å². The minimum absolute atomic E-state index is 0.0771. The number of nitrogens with zero attached hydrogens (tertiary/aromatic N) is 2. The first-order valence-corrected chi connectivity index (χ1v) is 4.11. The van der Waals surface area contributed by atoms with Gasteiger partial charge in [-0.15, -0.1) is 0 Å².